The first kappa shape index (κ1) is 11.3. The van der Waals surface area contributed by atoms with Crippen LogP contribution in [-0.4, -0.2) is 26.9 Å². The van der Waals surface area contributed by atoms with Crippen LogP contribution in [0.5, 0.6) is 0 Å². The summed E-state index contributed by atoms with van der Waals surface area (Å²) in [6.07, 6.45) is 3.26. The second-order valence-electron chi connectivity index (χ2n) is 4.26. The van der Waals surface area contributed by atoms with Gasteiger partial charge in [0.1, 0.15) is 0 Å². The number of halogens is 1. The molecule has 90 valence electrons. The fraction of sp³-hybridized carbons (Fsp3) is 0.357. The Morgan fingerprint density at radius 2 is 2.00 bits per heavy atom. The van der Waals surface area contributed by atoms with E-state index in [9.17, 15) is 0 Å². The van der Waals surface area contributed by atoms with Crippen LogP contribution in [0.1, 0.15) is 6.42 Å². The predicted molar refractivity (Wildman–Crippen MR) is 68.3 cm³/mol. The SMILES string of the molecule is c1cnc2c(N3CCC[I-]CC3)cccc2c1. The van der Waals surface area contributed by atoms with Crippen LogP contribution in [-0.2, 0) is 0 Å². The zero-order chi connectivity index (χ0) is 11.5. The first-order valence-corrected chi connectivity index (χ1v) is 9.12. The number of benzene rings is 1. The molecule has 1 aliphatic rings. The van der Waals surface area contributed by atoms with E-state index in [1.807, 2.05) is 12.3 Å². The number of aromatic nitrogens is 1. The number of anilines is 1. The second-order valence-corrected chi connectivity index (χ2v) is 7.50. The number of para-hydroxylation sites is 1. The Kier molecular flexibility index (Phi) is 3.45. The summed E-state index contributed by atoms with van der Waals surface area (Å²) < 4.78 is 2.90. The fourth-order valence-corrected chi connectivity index (χ4v) is 4.64. The van der Waals surface area contributed by atoms with Gasteiger partial charge in [-0.2, -0.15) is 0 Å². The standard InChI is InChI=1S/C14H16IN2/c1-4-12-5-2-9-16-14(12)13(6-1)17-10-3-7-15-8-11-17/h1-2,4-6,9H,3,7-8,10-11H2/q-1. The van der Waals surface area contributed by atoms with E-state index in [0.29, 0.717) is 21.2 Å². The third kappa shape index (κ3) is 2.39. The van der Waals surface area contributed by atoms with Crippen molar-refractivity contribution in [3.8, 4) is 0 Å². The van der Waals surface area contributed by atoms with E-state index in [1.54, 1.807) is 0 Å². The average Bonchev–Trinajstić information content (AvgIpc) is 2.67. The minimum absolute atomic E-state index is 0.462. The van der Waals surface area contributed by atoms with Crippen LogP contribution >= 0.6 is 0 Å². The van der Waals surface area contributed by atoms with Crippen molar-refractivity contribution in [1.29, 1.82) is 0 Å². The normalized spacial score (nSPS) is 17.5. The molecule has 2 aromatic rings. The zero-order valence-corrected chi connectivity index (χ0v) is 11.9. The van der Waals surface area contributed by atoms with Crippen molar-refractivity contribution >= 4 is 16.6 Å². The van der Waals surface area contributed by atoms with Crippen LogP contribution in [0.4, 0.5) is 5.69 Å². The van der Waals surface area contributed by atoms with E-state index in [0.717, 1.165) is 5.52 Å². The Bertz CT molecular complexity index is 499. The number of pyridine rings is 1. The number of alkyl halides is 2. The van der Waals surface area contributed by atoms with Crippen molar-refractivity contribution in [2.75, 3.05) is 26.8 Å². The maximum atomic E-state index is 4.55. The number of hydrogen-bond donors (Lipinski definition) is 0. The topological polar surface area (TPSA) is 16.1 Å². The molecule has 0 spiro atoms. The molecule has 1 aromatic carbocycles. The van der Waals surface area contributed by atoms with Gasteiger partial charge >= 0.3 is 113 Å². The van der Waals surface area contributed by atoms with Crippen molar-refractivity contribution < 1.29 is 21.2 Å². The van der Waals surface area contributed by atoms with Gasteiger partial charge in [0.25, 0.3) is 0 Å². The molecule has 0 N–H and O–H groups in total. The van der Waals surface area contributed by atoms with Crippen LogP contribution in [0.25, 0.3) is 10.9 Å². The van der Waals surface area contributed by atoms with E-state index >= 15 is 0 Å². The number of nitrogens with zero attached hydrogens (tertiary/aromatic N) is 2. The molecular formula is C14H16IN2-. The maximum absolute atomic E-state index is 4.55. The molecule has 0 atom stereocenters. The Labute approximate surface area is 112 Å². The van der Waals surface area contributed by atoms with Gasteiger partial charge in [0, 0.05) is 0 Å². The predicted octanol–water partition coefficient (Wildman–Crippen LogP) is -0.466. The van der Waals surface area contributed by atoms with Crippen LogP contribution in [0.2, 0.25) is 0 Å². The van der Waals surface area contributed by atoms with Gasteiger partial charge in [0.2, 0.25) is 0 Å². The molecule has 1 fully saturated rings. The summed E-state index contributed by atoms with van der Waals surface area (Å²) in [7, 11) is 0. The Hall–Kier alpha value is -0.840. The molecule has 1 aromatic heterocycles. The van der Waals surface area contributed by atoms with Gasteiger partial charge in [-0.25, -0.2) is 0 Å². The van der Waals surface area contributed by atoms with Gasteiger partial charge in [0.05, 0.1) is 0 Å². The summed E-state index contributed by atoms with van der Waals surface area (Å²) in [5, 5.41) is 1.25. The van der Waals surface area contributed by atoms with Crippen LogP contribution in [0.15, 0.2) is 36.5 Å². The number of fused-ring (bicyclic) bond motifs is 1. The molecule has 1 aliphatic heterocycles. The summed E-state index contributed by atoms with van der Waals surface area (Å²) in [4.78, 5) is 7.08. The van der Waals surface area contributed by atoms with Gasteiger partial charge < -0.3 is 0 Å². The summed E-state index contributed by atoms with van der Waals surface area (Å²) >= 11 is 0.462. The minimum atomic E-state index is 0.462. The molecule has 0 aliphatic carbocycles. The van der Waals surface area contributed by atoms with E-state index in [4.69, 9.17) is 0 Å². The monoisotopic (exact) mass is 339 g/mol. The van der Waals surface area contributed by atoms with E-state index in [2.05, 4.69) is 34.1 Å². The molecule has 0 amide bonds. The van der Waals surface area contributed by atoms with Gasteiger partial charge in [-0.05, 0) is 0 Å². The molecule has 0 unspecified atom stereocenters. The van der Waals surface area contributed by atoms with Crippen molar-refractivity contribution in [2.24, 2.45) is 0 Å². The molecule has 0 radical (unpaired) electrons. The second kappa shape index (κ2) is 5.21. The molecule has 2 nitrogen and oxygen atoms in total. The molecule has 2 heterocycles. The Morgan fingerprint density at radius 1 is 1.06 bits per heavy atom. The van der Waals surface area contributed by atoms with Crippen molar-refractivity contribution in [1.82, 2.24) is 4.98 Å². The summed E-state index contributed by atoms with van der Waals surface area (Å²) in [5.41, 5.74) is 2.49. The van der Waals surface area contributed by atoms with Gasteiger partial charge in [-0.15, -0.1) is 0 Å². The number of hydrogen-bond acceptors (Lipinski definition) is 2. The van der Waals surface area contributed by atoms with Gasteiger partial charge in [0.15, 0.2) is 0 Å². The quantitative estimate of drug-likeness (QED) is 0.516. The van der Waals surface area contributed by atoms with Crippen molar-refractivity contribution in [3.05, 3.63) is 36.5 Å². The molecular weight excluding hydrogens is 323 g/mol. The van der Waals surface area contributed by atoms with Crippen molar-refractivity contribution in [2.45, 2.75) is 6.42 Å². The van der Waals surface area contributed by atoms with E-state index in [-0.39, 0.29) is 0 Å². The molecule has 3 heteroatoms. The third-order valence-corrected chi connectivity index (χ3v) is 5.91. The molecule has 0 bridgehead atoms. The van der Waals surface area contributed by atoms with Crippen LogP contribution < -0.4 is 26.1 Å². The fourth-order valence-electron chi connectivity index (χ4n) is 2.30. The Morgan fingerprint density at radius 3 is 3.00 bits per heavy atom. The summed E-state index contributed by atoms with van der Waals surface area (Å²) in [6.45, 7) is 2.43. The molecule has 3 rings (SSSR count). The van der Waals surface area contributed by atoms with Crippen LogP contribution in [0.3, 0.4) is 0 Å². The van der Waals surface area contributed by atoms with E-state index < -0.39 is 0 Å². The third-order valence-electron chi connectivity index (χ3n) is 3.14. The molecule has 1 saturated heterocycles. The Balaban J connectivity index is 2.03. The van der Waals surface area contributed by atoms with Gasteiger partial charge in [-0.3, -0.25) is 0 Å². The van der Waals surface area contributed by atoms with Gasteiger partial charge in [-0.1, -0.05) is 0 Å². The zero-order valence-electron chi connectivity index (χ0n) is 9.77. The van der Waals surface area contributed by atoms with E-state index in [1.165, 1.54) is 39.4 Å². The molecule has 17 heavy (non-hydrogen) atoms. The van der Waals surface area contributed by atoms with Crippen LogP contribution in [0, 0.1) is 0 Å². The average molecular weight is 339 g/mol. The first-order chi connectivity index (χ1) is 8.45. The summed E-state index contributed by atoms with van der Waals surface area (Å²) in [6, 6.07) is 10.7. The number of rotatable bonds is 1. The molecule has 0 saturated carbocycles. The van der Waals surface area contributed by atoms with Crippen molar-refractivity contribution in [3.63, 3.8) is 0 Å². The summed E-state index contributed by atoms with van der Waals surface area (Å²) in [5.74, 6) is 0. The first-order valence-electron chi connectivity index (χ1n) is 6.07.